The molecule has 4 aromatic carbocycles. The van der Waals surface area contributed by atoms with Gasteiger partial charge in [-0.05, 0) is 65.4 Å². The lowest BCUT2D eigenvalue weighted by molar-refractivity contribution is 0.0424. The monoisotopic (exact) mass is 566 g/mol. The predicted octanol–water partition coefficient (Wildman–Crippen LogP) is 7.53. The molecule has 1 saturated carbocycles. The van der Waals surface area contributed by atoms with Crippen LogP contribution in [0.3, 0.4) is 0 Å². The normalized spacial score (nSPS) is 20.9. The second-order valence-corrected chi connectivity index (χ2v) is 17.2. The number of rotatable bonds is 9. The second-order valence-electron chi connectivity index (χ2n) is 12.6. The molecule has 0 aliphatic heterocycles. The van der Waals surface area contributed by atoms with Crippen molar-refractivity contribution in [2.45, 2.75) is 46.1 Å². The van der Waals surface area contributed by atoms with Crippen molar-refractivity contribution < 1.29 is 0 Å². The van der Waals surface area contributed by atoms with Gasteiger partial charge in [-0.25, -0.2) is 0 Å². The van der Waals surface area contributed by atoms with Crippen molar-refractivity contribution in [2.24, 2.45) is 10.8 Å². The van der Waals surface area contributed by atoms with Gasteiger partial charge in [0.25, 0.3) is 0 Å². The van der Waals surface area contributed by atoms with E-state index in [1.807, 2.05) is 0 Å². The van der Waals surface area contributed by atoms with Crippen LogP contribution in [0.15, 0.2) is 121 Å². The van der Waals surface area contributed by atoms with Crippen LogP contribution < -0.4 is 21.2 Å². The van der Waals surface area contributed by atoms with Gasteiger partial charge in [0.05, 0.1) is 0 Å². The van der Waals surface area contributed by atoms with Crippen LogP contribution in [0.4, 0.5) is 0 Å². The zero-order chi connectivity index (χ0) is 28.2. The smallest absolute Gasteiger partial charge is 0.0281 e. The number of hydrogen-bond donors (Lipinski definition) is 0. The highest BCUT2D eigenvalue weighted by molar-refractivity contribution is 7.71. The van der Waals surface area contributed by atoms with Gasteiger partial charge in [-0.15, -0.1) is 0 Å². The van der Waals surface area contributed by atoms with E-state index in [-0.39, 0.29) is 10.8 Å². The average Bonchev–Trinajstić information content (AvgIpc) is 2.94. The molecule has 0 spiro atoms. The summed E-state index contributed by atoms with van der Waals surface area (Å²) >= 11 is 0. The second kappa shape index (κ2) is 12.7. The van der Waals surface area contributed by atoms with E-state index in [1.54, 1.807) is 0 Å². The summed E-state index contributed by atoms with van der Waals surface area (Å²) < 4.78 is 5.42. The van der Waals surface area contributed by atoms with Crippen LogP contribution in [0.2, 0.25) is 0 Å². The maximum atomic E-state index is 2.75. The molecule has 1 fully saturated rings. The summed E-state index contributed by atoms with van der Waals surface area (Å²) in [7, 11) is 3.56. The largest absolute Gasteiger partial charge is 0.277 e. The molecular formula is C36H44N2P2. The van der Waals surface area contributed by atoms with Crippen molar-refractivity contribution in [3.8, 4) is 0 Å². The average molecular weight is 567 g/mol. The highest BCUT2D eigenvalue weighted by Gasteiger charge is 2.45. The highest BCUT2D eigenvalue weighted by Crippen LogP contribution is 2.53. The summed E-state index contributed by atoms with van der Waals surface area (Å²) in [4.78, 5) is 0. The van der Waals surface area contributed by atoms with Gasteiger partial charge in [-0.2, -0.15) is 0 Å². The molecule has 0 bridgehead atoms. The lowest BCUT2D eigenvalue weighted by atomic mass is 9.62. The van der Waals surface area contributed by atoms with Gasteiger partial charge in [0, 0.05) is 28.7 Å². The summed E-state index contributed by atoms with van der Waals surface area (Å²) in [5.74, 6) is 0. The van der Waals surface area contributed by atoms with Gasteiger partial charge in [0.15, 0.2) is 0 Å². The topological polar surface area (TPSA) is 6.48 Å². The number of benzene rings is 4. The van der Waals surface area contributed by atoms with Gasteiger partial charge in [-0.3, -0.25) is 9.34 Å². The van der Waals surface area contributed by atoms with E-state index in [2.05, 4.69) is 166 Å². The SMILES string of the molecule is CN(CC1(C)CC(N(C)P(c2ccccc2)c2ccccc2)CC(C)(C)C1)P(c1ccccc1)c1ccccc1. The van der Waals surface area contributed by atoms with E-state index in [9.17, 15) is 0 Å². The first-order valence-corrected chi connectivity index (χ1v) is 17.1. The minimum atomic E-state index is -0.599. The summed E-state index contributed by atoms with van der Waals surface area (Å²) in [5.41, 5.74) is 0.497. The molecule has 1 aliphatic rings. The third kappa shape index (κ3) is 6.92. The molecule has 5 rings (SSSR count). The standard InChI is InChI=1S/C36H44N2P2/c1-35(2)26-30(38(5)40(33-22-14-8-15-23-33)34-24-16-9-17-25-34)27-36(3,28-35)29-37(4)39(31-18-10-6-11-19-31)32-20-12-7-13-21-32/h6-25,30H,26-29H2,1-5H3. The molecule has 2 unspecified atom stereocenters. The van der Waals surface area contributed by atoms with Crippen LogP contribution in [-0.2, 0) is 0 Å². The zero-order valence-corrected chi connectivity index (χ0v) is 26.5. The minimum absolute atomic E-state index is 0.216. The fraction of sp³-hybridized carbons (Fsp3) is 0.333. The molecule has 0 saturated heterocycles. The Hall–Kier alpha value is -2.34. The Bertz CT molecular complexity index is 1250. The zero-order valence-electron chi connectivity index (χ0n) is 24.7. The summed E-state index contributed by atoms with van der Waals surface area (Å²) in [6, 6.07) is 45.1. The van der Waals surface area contributed by atoms with E-state index >= 15 is 0 Å². The summed E-state index contributed by atoms with van der Waals surface area (Å²) in [6.07, 6.45) is 3.69. The van der Waals surface area contributed by atoms with E-state index < -0.39 is 16.1 Å². The summed E-state index contributed by atoms with van der Waals surface area (Å²) in [5, 5.41) is 5.72. The molecule has 4 aromatic rings. The van der Waals surface area contributed by atoms with Crippen LogP contribution in [-0.4, -0.2) is 36.0 Å². The lowest BCUT2D eigenvalue weighted by Gasteiger charge is -2.52. The fourth-order valence-electron chi connectivity index (χ4n) is 7.08. The van der Waals surface area contributed by atoms with Crippen LogP contribution >= 0.6 is 16.1 Å². The quantitative estimate of drug-likeness (QED) is 0.193. The lowest BCUT2D eigenvalue weighted by Crippen LogP contribution is -2.49. The van der Waals surface area contributed by atoms with Crippen molar-refractivity contribution in [1.82, 2.24) is 9.34 Å². The van der Waals surface area contributed by atoms with Crippen molar-refractivity contribution in [3.05, 3.63) is 121 Å². The van der Waals surface area contributed by atoms with Crippen molar-refractivity contribution >= 4 is 37.4 Å². The Labute approximate surface area is 245 Å². The van der Waals surface area contributed by atoms with E-state index in [0.29, 0.717) is 6.04 Å². The molecule has 0 radical (unpaired) electrons. The Morgan fingerprint density at radius 3 is 1.35 bits per heavy atom. The maximum Gasteiger partial charge on any atom is 0.0281 e. The molecule has 0 heterocycles. The van der Waals surface area contributed by atoms with Gasteiger partial charge in [-0.1, -0.05) is 142 Å². The first kappa shape index (κ1) is 29.2. The van der Waals surface area contributed by atoms with Gasteiger partial charge in [0.1, 0.15) is 0 Å². The van der Waals surface area contributed by atoms with Crippen molar-refractivity contribution in [1.29, 1.82) is 0 Å². The maximum absolute atomic E-state index is 2.75. The van der Waals surface area contributed by atoms with Crippen LogP contribution in [0.5, 0.6) is 0 Å². The molecule has 4 heteroatoms. The molecule has 0 aromatic heterocycles. The molecule has 208 valence electrons. The Kier molecular flexibility index (Phi) is 9.24. The third-order valence-electron chi connectivity index (χ3n) is 8.22. The molecular weight excluding hydrogens is 522 g/mol. The third-order valence-corrected chi connectivity index (χ3v) is 13.2. The Morgan fingerprint density at radius 2 is 0.950 bits per heavy atom. The van der Waals surface area contributed by atoms with E-state index in [4.69, 9.17) is 0 Å². The molecule has 1 aliphatic carbocycles. The van der Waals surface area contributed by atoms with Crippen LogP contribution in [0.25, 0.3) is 0 Å². The molecule has 2 atom stereocenters. The minimum Gasteiger partial charge on any atom is -0.277 e. The Morgan fingerprint density at radius 1 is 0.575 bits per heavy atom. The number of hydrogen-bond acceptors (Lipinski definition) is 2. The highest BCUT2D eigenvalue weighted by atomic mass is 31.1. The number of nitrogens with zero attached hydrogens (tertiary/aromatic N) is 2. The molecule has 2 nitrogen and oxygen atoms in total. The van der Waals surface area contributed by atoms with E-state index in [0.717, 1.165) is 6.54 Å². The molecule has 0 amide bonds. The molecule has 40 heavy (non-hydrogen) atoms. The summed E-state index contributed by atoms with van der Waals surface area (Å²) in [6.45, 7) is 8.64. The van der Waals surface area contributed by atoms with Gasteiger partial charge in [0.2, 0.25) is 0 Å². The first-order chi connectivity index (χ1) is 19.2. The van der Waals surface area contributed by atoms with Crippen LogP contribution in [0, 0.1) is 10.8 Å². The Balaban J connectivity index is 1.44. The van der Waals surface area contributed by atoms with Gasteiger partial charge < -0.3 is 0 Å². The van der Waals surface area contributed by atoms with Crippen molar-refractivity contribution in [2.75, 3.05) is 20.6 Å². The van der Waals surface area contributed by atoms with Gasteiger partial charge >= 0.3 is 0 Å². The van der Waals surface area contributed by atoms with Crippen LogP contribution in [0.1, 0.15) is 40.0 Å². The fourth-order valence-corrected chi connectivity index (χ4v) is 12.0. The van der Waals surface area contributed by atoms with E-state index in [1.165, 1.54) is 40.5 Å². The predicted molar refractivity (Wildman–Crippen MR) is 178 cm³/mol. The first-order valence-electron chi connectivity index (χ1n) is 14.5. The van der Waals surface area contributed by atoms with Crippen molar-refractivity contribution in [3.63, 3.8) is 0 Å². The molecule has 0 N–H and O–H groups in total.